The van der Waals surface area contributed by atoms with E-state index in [-0.39, 0.29) is 29.5 Å². The Morgan fingerprint density at radius 2 is 2.15 bits per heavy atom. The van der Waals surface area contributed by atoms with Gasteiger partial charge in [0, 0.05) is 12.1 Å². The molecule has 3 heterocycles. The van der Waals surface area contributed by atoms with E-state index in [0.29, 0.717) is 17.2 Å². The summed E-state index contributed by atoms with van der Waals surface area (Å²) in [6.07, 6.45) is 3.92. The Morgan fingerprint density at radius 1 is 1.39 bits per heavy atom. The molecule has 10 nitrogen and oxygen atoms in total. The molecule has 170 valence electrons. The Morgan fingerprint density at radius 3 is 2.76 bits per heavy atom. The van der Waals surface area contributed by atoms with Gasteiger partial charge in [0.2, 0.25) is 5.95 Å². The van der Waals surface area contributed by atoms with E-state index in [9.17, 15) is 14.4 Å². The van der Waals surface area contributed by atoms with Gasteiger partial charge in [0.1, 0.15) is 29.7 Å². The fraction of sp³-hybridized carbons (Fsp3) is 0.318. The maximum atomic E-state index is 14.3. The SMILES string of the molecule is CCC1c2c(C#N)ncn2-c2cnc(Nc3cc(F)c(C(=O)O)cc3OC)nc2N1C(C)C. The van der Waals surface area contributed by atoms with Crippen molar-refractivity contribution in [3.63, 3.8) is 0 Å². The first-order valence-corrected chi connectivity index (χ1v) is 10.3. The van der Waals surface area contributed by atoms with Gasteiger partial charge in [0.05, 0.1) is 36.3 Å². The van der Waals surface area contributed by atoms with Crippen LogP contribution >= 0.6 is 0 Å². The van der Waals surface area contributed by atoms with Gasteiger partial charge < -0.3 is 20.1 Å². The van der Waals surface area contributed by atoms with Crippen LogP contribution in [0, 0.1) is 17.1 Å². The number of anilines is 3. The molecule has 0 bridgehead atoms. The summed E-state index contributed by atoms with van der Waals surface area (Å²) in [5.74, 6) is -1.36. The van der Waals surface area contributed by atoms with Gasteiger partial charge in [0.25, 0.3) is 0 Å². The summed E-state index contributed by atoms with van der Waals surface area (Å²) in [6, 6.07) is 4.22. The lowest BCUT2D eigenvalue weighted by Crippen LogP contribution is -2.40. The lowest BCUT2D eigenvalue weighted by Gasteiger charge is -2.40. The van der Waals surface area contributed by atoms with Gasteiger partial charge in [-0.15, -0.1) is 0 Å². The highest BCUT2D eigenvalue weighted by molar-refractivity contribution is 5.89. The van der Waals surface area contributed by atoms with Crippen molar-refractivity contribution in [3.05, 3.63) is 47.4 Å². The molecule has 2 N–H and O–H groups in total. The zero-order valence-corrected chi connectivity index (χ0v) is 18.5. The molecule has 3 aromatic rings. The van der Waals surface area contributed by atoms with Gasteiger partial charge in [-0.2, -0.15) is 10.2 Å². The lowest BCUT2D eigenvalue weighted by atomic mass is 10.0. The number of halogens is 1. The predicted molar refractivity (Wildman–Crippen MR) is 118 cm³/mol. The molecule has 1 atom stereocenters. The van der Waals surface area contributed by atoms with Crippen LogP contribution in [-0.4, -0.2) is 43.7 Å². The molecule has 0 saturated carbocycles. The summed E-state index contributed by atoms with van der Waals surface area (Å²) in [5.41, 5.74) is 1.51. The summed E-state index contributed by atoms with van der Waals surface area (Å²) in [4.78, 5) is 26.6. The van der Waals surface area contributed by atoms with Gasteiger partial charge in [-0.05, 0) is 26.3 Å². The Balaban J connectivity index is 1.82. The smallest absolute Gasteiger partial charge is 0.338 e. The van der Waals surface area contributed by atoms with Gasteiger partial charge in [-0.3, -0.25) is 4.57 Å². The highest BCUT2D eigenvalue weighted by Crippen LogP contribution is 2.42. The fourth-order valence-corrected chi connectivity index (χ4v) is 4.12. The number of carboxylic acids is 1. The molecule has 0 radical (unpaired) electrons. The Kier molecular flexibility index (Phi) is 5.59. The second-order valence-corrected chi connectivity index (χ2v) is 7.75. The minimum absolute atomic E-state index is 0.0495. The number of aromatic carboxylic acids is 1. The number of nitrogens with one attached hydrogen (secondary N) is 1. The van der Waals surface area contributed by atoms with Crippen LogP contribution in [-0.2, 0) is 0 Å². The number of imidazole rings is 1. The molecular weight excluding hydrogens is 429 g/mol. The monoisotopic (exact) mass is 451 g/mol. The van der Waals surface area contributed by atoms with Crippen LogP contribution in [0.5, 0.6) is 5.75 Å². The number of fused-ring (bicyclic) bond motifs is 3. The molecule has 0 aliphatic carbocycles. The first-order chi connectivity index (χ1) is 15.8. The molecule has 0 amide bonds. The van der Waals surface area contributed by atoms with Gasteiger partial charge in [-0.1, -0.05) is 6.92 Å². The third kappa shape index (κ3) is 3.59. The minimum Gasteiger partial charge on any atom is -0.495 e. The molecule has 1 aliphatic rings. The van der Waals surface area contributed by atoms with Crippen molar-refractivity contribution in [2.45, 2.75) is 39.3 Å². The van der Waals surface area contributed by atoms with E-state index in [2.05, 4.69) is 31.2 Å². The molecule has 0 fully saturated rings. The molecule has 2 aromatic heterocycles. The van der Waals surface area contributed by atoms with Crippen molar-refractivity contribution in [2.24, 2.45) is 0 Å². The number of ether oxygens (including phenoxy) is 1. The molecule has 1 aromatic carbocycles. The quantitative estimate of drug-likeness (QED) is 0.575. The van der Waals surface area contributed by atoms with E-state index in [1.54, 1.807) is 12.5 Å². The summed E-state index contributed by atoms with van der Waals surface area (Å²) < 4.78 is 21.4. The van der Waals surface area contributed by atoms with Crippen molar-refractivity contribution in [1.82, 2.24) is 19.5 Å². The summed E-state index contributed by atoms with van der Waals surface area (Å²) >= 11 is 0. The number of benzene rings is 1. The number of nitriles is 1. The van der Waals surface area contributed by atoms with Crippen LogP contribution in [0.1, 0.15) is 55.0 Å². The summed E-state index contributed by atoms with van der Waals surface area (Å²) in [6.45, 7) is 6.09. The number of hydrogen-bond donors (Lipinski definition) is 2. The number of methoxy groups -OCH3 is 1. The molecule has 1 unspecified atom stereocenters. The molecular formula is C22H22FN7O3. The van der Waals surface area contributed by atoms with E-state index in [4.69, 9.17) is 9.84 Å². The highest BCUT2D eigenvalue weighted by atomic mass is 19.1. The molecule has 0 saturated heterocycles. The average molecular weight is 451 g/mol. The average Bonchev–Trinajstić information content (AvgIpc) is 3.21. The maximum absolute atomic E-state index is 14.3. The fourth-order valence-electron chi connectivity index (χ4n) is 4.12. The van der Waals surface area contributed by atoms with Crippen LogP contribution in [0.15, 0.2) is 24.7 Å². The van der Waals surface area contributed by atoms with Crippen molar-refractivity contribution in [3.8, 4) is 17.5 Å². The van der Waals surface area contributed by atoms with Crippen LogP contribution in [0.4, 0.5) is 21.8 Å². The number of aromatic nitrogens is 4. The number of hydrogen-bond acceptors (Lipinski definition) is 8. The standard InChI is InChI=1S/C22H22FN7O3/c1-5-16-19-15(8-24)26-10-29(19)17-9-25-22(28-20(17)30(16)11(2)3)27-14-7-13(23)12(21(31)32)6-18(14)33-4/h6-7,9-11,16H,5H2,1-4H3,(H,31,32)(H,25,27,28). The Hall–Kier alpha value is -4.20. The minimum atomic E-state index is -1.39. The normalized spacial score (nSPS) is 14.5. The van der Waals surface area contributed by atoms with Crippen molar-refractivity contribution in [2.75, 3.05) is 17.3 Å². The third-order valence-corrected chi connectivity index (χ3v) is 5.52. The number of carboxylic acid groups (broad SMARTS) is 1. The van der Waals surface area contributed by atoms with Crippen LogP contribution in [0.25, 0.3) is 5.69 Å². The number of rotatable bonds is 6. The maximum Gasteiger partial charge on any atom is 0.338 e. The summed E-state index contributed by atoms with van der Waals surface area (Å²) in [7, 11) is 1.36. The molecule has 4 rings (SSSR count). The number of nitrogens with zero attached hydrogens (tertiary/aromatic N) is 6. The lowest BCUT2D eigenvalue weighted by molar-refractivity contribution is 0.0691. The topological polar surface area (TPSA) is 129 Å². The first kappa shape index (κ1) is 22.0. The van der Waals surface area contributed by atoms with Gasteiger partial charge in [-0.25, -0.2) is 19.2 Å². The highest BCUT2D eigenvalue weighted by Gasteiger charge is 2.36. The van der Waals surface area contributed by atoms with E-state index >= 15 is 0 Å². The van der Waals surface area contributed by atoms with Crippen LogP contribution < -0.4 is 15.0 Å². The van der Waals surface area contributed by atoms with Crippen molar-refractivity contribution < 1.29 is 19.0 Å². The van der Waals surface area contributed by atoms with E-state index in [1.165, 1.54) is 7.11 Å². The number of carbonyl (C=O) groups is 1. The van der Waals surface area contributed by atoms with Gasteiger partial charge >= 0.3 is 5.97 Å². The van der Waals surface area contributed by atoms with Crippen molar-refractivity contribution >= 4 is 23.4 Å². The van der Waals surface area contributed by atoms with E-state index in [1.807, 2.05) is 25.3 Å². The van der Waals surface area contributed by atoms with Crippen LogP contribution in [0.3, 0.4) is 0 Å². The molecule has 33 heavy (non-hydrogen) atoms. The van der Waals surface area contributed by atoms with E-state index < -0.39 is 17.3 Å². The van der Waals surface area contributed by atoms with Gasteiger partial charge in [0.15, 0.2) is 11.5 Å². The zero-order chi connectivity index (χ0) is 23.9. The molecule has 1 aliphatic heterocycles. The first-order valence-electron chi connectivity index (χ1n) is 10.3. The van der Waals surface area contributed by atoms with Crippen LogP contribution in [0.2, 0.25) is 0 Å². The summed E-state index contributed by atoms with van der Waals surface area (Å²) in [5, 5.41) is 21.6. The van der Waals surface area contributed by atoms with E-state index in [0.717, 1.165) is 24.2 Å². The predicted octanol–water partition coefficient (Wildman–Crippen LogP) is 3.80. The largest absolute Gasteiger partial charge is 0.495 e. The zero-order valence-electron chi connectivity index (χ0n) is 18.5. The molecule has 0 spiro atoms. The second-order valence-electron chi connectivity index (χ2n) is 7.75. The second kappa shape index (κ2) is 8.38. The Bertz CT molecular complexity index is 1280. The Labute approximate surface area is 189 Å². The molecule has 11 heteroatoms. The van der Waals surface area contributed by atoms with Crippen molar-refractivity contribution in [1.29, 1.82) is 5.26 Å². The third-order valence-electron chi connectivity index (χ3n) is 5.52.